The third-order valence-corrected chi connectivity index (χ3v) is 3.26. The summed E-state index contributed by atoms with van der Waals surface area (Å²) in [6, 6.07) is 13.7. The summed E-state index contributed by atoms with van der Waals surface area (Å²) >= 11 is 0. The van der Waals surface area contributed by atoms with Crippen molar-refractivity contribution in [1.82, 2.24) is 14.8 Å². The minimum atomic E-state index is 0. The third kappa shape index (κ3) is 2.68. The summed E-state index contributed by atoms with van der Waals surface area (Å²) in [5, 5.41) is 4.21. The molecule has 3 aromatic rings. The topological polar surface area (TPSA) is 82.8 Å². The number of nitrogens with zero attached hydrogens (tertiary/aromatic N) is 3. The minimum Gasteiger partial charge on any atom is -0.384 e. The highest BCUT2D eigenvalue weighted by atomic mass is 35.5. The van der Waals surface area contributed by atoms with Gasteiger partial charge >= 0.3 is 0 Å². The van der Waals surface area contributed by atoms with Gasteiger partial charge in [0.05, 0.1) is 5.69 Å². The summed E-state index contributed by atoms with van der Waals surface area (Å²) in [6.45, 7) is 0. The molecule has 2 aromatic heterocycles. The van der Waals surface area contributed by atoms with Crippen molar-refractivity contribution in [3.05, 3.63) is 48.7 Å². The molecule has 0 unspecified atom stereocenters. The molecule has 0 radical (unpaired) electrons. The van der Waals surface area contributed by atoms with Crippen LogP contribution in [0.3, 0.4) is 0 Å². The van der Waals surface area contributed by atoms with E-state index < -0.39 is 0 Å². The van der Waals surface area contributed by atoms with E-state index in [4.69, 9.17) is 11.5 Å². The molecule has 0 amide bonds. The normalized spacial score (nSPS) is 10.1. The Hall–Kier alpha value is -2.53. The van der Waals surface area contributed by atoms with Gasteiger partial charge in [0.2, 0.25) is 0 Å². The van der Waals surface area contributed by atoms with Gasteiger partial charge in [-0.25, -0.2) is 4.98 Å². The van der Waals surface area contributed by atoms with E-state index in [0.717, 1.165) is 22.4 Å². The van der Waals surface area contributed by atoms with Gasteiger partial charge in [-0.15, -0.1) is 12.4 Å². The quantitative estimate of drug-likeness (QED) is 0.762. The maximum Gasteiger partial charge on any atom is 0.133 e. The molecule has 3 rings (SSSR count). The molecule has 0 fully saturated rings. The van der Waals surface area contributed by atoms with Crippen LogP contribution in [0.5, 0.6) is 0 Å². The fourth-order valence-corrected chi connectivity index (χ4v) is 2.30. The average Bonchev–Trinajstić information content (AvgIpc) is 2.85. The van der Waals surface area contributed by atoms with Crippen LogP contribution in [0.2, 0.25) is 0 Å². The molecule has 1 aromatic carbocycles. The Morgan fingerprint density at radius 1 is 0.905 bits per heavy atom. The highest BCUT2D eigenvalue weighted by molar-refractivity contribution is 5.86. The number of halogens is 1. The van der Waals surface area contributed by atoms with Crippen LogP contribution in [0.15, 0.2) is 48.7 Å². The highest BCUT2D eigenvalue weighted by Gasteiger charge is 2.12. The number of anilines is 2. The maximum absolute atomic E-state index is 6.00. The lowest BCUT2D eigenvalue weighted by molar-refractivity contribution is 0.776. The van der Waals surface area contributed by atoms with Gasteiger partial charge in [0.25, 0.3) is 0 Å². The van der Waals surface area contributed by atoms with Crippen molar-refractivity contribution in [3.63, 3.8) is 0 Å². The Kier molecular flexibility index (Phi) is 4.14. The molecule has 0 aliphatic heterocycles. The predicted octanol–water partition coefficient (Wildman–Crippen LogP) is 2.74. The first-order valence-electron chi connectivity index (χ1n) is 6.26. The Morgan fingerprint density at radius 3 is 2.24 bits per heavy atom. The van der Waals surface area contributed by atoms with Crippen molar-refractivity contribution in [2.45, 2.75) is 0 Å². The summed E-state index contributed by atoms with van der Waals surface area (Å²) in [5.41, 5.74) is 15.6. The molecule has 0 bridgehead atoms. The van der Waals surface area contributed by atoms with Gasteiger partial charge in [-0.2, -0.15) is 5.10 Å². The molecule has 0 saturated carbocycles. The van der Waals surface area contributed by atoms with E-state index in [1.54, 1.807) is 12.3 Å². The van der Waals surface area contributed by atoms with Crippen molar-refractivity contribution < 1.29 is 0 Å². The first-order chi connectivity index (χ1) is 9.66. The van der Waals surface area contributed by atoms with Crippen LogP contribution < -0.4 is 11.5 Å². The summed E-state index contributed by atoms with van der Waals surface area (Å²) in [7, 11) is 1.91. The van der Waals surface area contributed by atoms with Gasteiger partial charge in [-0.1, -0.05) is 24.3 Å². The minimum absolute atomic E-state index is 0. The molecule has 21 heavy (non-hydrogen) atoms. The Bertz CT molecular complexity index is 766. The van der Waals surface area contributed by atoms with Gasteiger partial charge in [-0.3, -0.25) is 4.68 Å². The lowest BCUT2D eigenvalue weighted by Gasteiger charge is -2.12. The van der Waals surface area contributed by atoms with Gasteiger partial charge in [0, 0.05) is 24.4 Å². The van der Waals surface area contributed by atoms with Crippen LogP contribution in [0, 0.1) is 0 Å². The number of hydrogen-bond donors (Lipinski definition) is 2. The molecule has 4 N–H and O–H groups in total. The molecule has 0 aliphatic carbocycles. The fraction of sp³-hybridized carbons (Fsp3) is 0.0667. The number of rotatable bonds is 2. The summed E-state index contributed by atoms with van der Waals surface area (Å²) in [6.07, 6.45) is 1.77. The Morgan fingerprint density at radius 2 is 1.62 bits per heavy atom. The third-order valence-electron chi connectivity index (χ3n) is 3.26. The maximum atomic E-state index is 6.00. The summed E-state index contributed by atoms with van der Waals surface area (Å²) in [4.78, 5) is 4.13. The number of hydrogen-bond acceptors (Lipinski definition) is 4. The second kappa shape index (κ2) is 5.85. The Balaban J connectivity index is 0.00000161. The Labute approximate surface area is 129 Å². The fourth-order valence-electron chi connectivity index (χ4n) is 2.30. The second-order valence-corrected chi connectivity index (χ2v) is 4.55. The molecule has 0 spiro atoms. The number of nitrogen functional groups attached to an aromatic ring is 2. The molecule has 0 aliphatic rings. The van der Waals surface area contributed by atoms with E-state index in [0.29, 0.717) is 11.6 Å². The lowest BCUT2D eigenvalue weighted by atomic mass is 9.98. The summed E-state index contributed by atoms with van der Waals surface area (Å²) in [5.74, 6) is 0.851. The summed E-state index contributed by atoms with van der Waals surface area (Å²) < 4.78 is 1.83. The molecule has 0 atom stereocenters. The van der Waals surface area contributed by atoms with Crippen LogP contribution in [0.4, 0.5) is 11.6 Å². The van der Waals surface area contributed by atoms with Gasteiger partial charge in [0.15, 0.2) is 0 Å². The van der Waals surface area contributed by atoms with E-state index in [9.17, 15) is 0 Å². The second-order valence-electron chi connectivity index (χ2n) is 4.55. The smallest absolute Gasteiger partial charge is 0.133 e. The molecule has 108 valence electrons. The van der Waals surface area contributed by atoms with Crippen molar-refractivity contribution >= 4 is 24.0 Å². The molecular weight excluding hydrogens is 286 g/mol. The van der Waals surface area contributed by atoms with Gasteiger partial charge in [-0.05, 0) is 23.8 Å². The first-order valence-corrected chi connectivity index (χ1v) is 6.26. The van der Waals surface area contributed by atoms with Crippen LogP contribution in [0.1, 0.15) is 0 Å². The number of pyridine rings is 1. The number of aromatic nitrogens is 3. The van der Waals surface area contributed by atoms with Crippen LogP contribution >= 0.6 is 12.4 Å². The van der Waals surface area contributed by atoms with Crippen LogP contribution in [-0.4, -0.2) is 14.8 Å². The zero-order valence-electron chi connectivity index (χ0n) is 11.5. The van der Waals surface area contributed by atoms with Gasteiger partial charge < -0.3 is 11.5 Å². The average molecular weight is 302 g/mol. The van der Waals surface area contributed by atoms with E-state index in [-0.39, 0.29) is 12.4 Å². The zero-order chi connectivity index (χ0) is 14.1. The first kappa shape index (κ1) is 14.9. The lowest BCUT2D eigenvalue weighted by Crippen LogP contribution is -2.00. The van der Waals surface area contributed by atoms with E-state index in [2.05, 4.69) is 10.1 Å². The highest BCUT2D eigenvalue weighted by Crippen LogP contribution is 2.34. The SMILES string of the molecule is Cl.Cn1nccc1-c1ccccc1-c1ccc(N)nc1N. The zero-order valence-corrected chi connectivity index (χ0v) is 12.3. The molecule has 0 saturated heterocycles. The molecule has 5 nitrogen and oxygen atoms in total. The molecule has 2 heterocycles. The van der Waals surface area contributed by atoms with Gasteiger partial charge in [0.1, 0.15) is 11.6 Å². The largest absolute Gasteiger partial charge is 0.384 e. The van der Waals surface area contributed by atoms with Crippen molar-refractivity contribution in [1.29, 1.82) is 0 Å². The van der Waals surface area contributed by atoms with E-state index >= 15 is 0 Å². The molecule has 6 heteroatoms. The van der Waals surface area contributed by atoms with Crippen molar-refractivity contribution in [3.8, 4) is 22.4 Å². The van der Waals surface area contributed by atoms with Crippen molar-refractivity contribution in [2.75, 3.05) is 11.5 Å². The number of aryl methyl sites for hydroxylation is 1. The molecular formula is C15H16ClN5. The van der Waals surface area contributed by atoms with E-state index in [1.807, 2.05) is 48.1 Å². The van der Waals surface area contributed by atoms with Crippen molar-refractivity contribution in [2.24, 2.45) is 7.05 Å². The van der Waals surface area contributed by atoms with Crippen LogP contribution in [-0.2, 0) is 7.05 Å². The predicted molar refractivity (Wildman–Crippen MR) is 87.9 cm³/mol. The standard InChI is InChI=1S/C15H15N5.ClH/c1-20-13(8-9-18-20)11-5-3-2-4-10(11)12-6-7-14(16)19-15(12)17;/h2-9H,1H3,(H4,16,17,19);1H. The monoisotopic (exact) mass is 301 g/mol. The number of nitrogens with two attached hydrogens (primary N) is 2. The van der Waals surface area contributed by atoms with Crippen LogP contribution in [0.25, 0.3) is 22.4 Å². The number of benzene rings is 1. The van der Waals surface area contributed by atoms with E-state index in [1.165, 1.54) is 0 Å².